The number of esters is 1. The summed E-state index contributed by atoms with van der Waals surface area (Å²) < 4.78 is 13.8. The van der Waals surface area contributed by atoms with Crippen LogP contribution in [0.5, 0.6) is 0 Å². The van der Waals surface area contributed by atoms with Crippen molar-refractivity contribution in [2.24, 2.45) is 0 Å². The van der Waals surface area contributed by atoms with Gasteiger partial charge in [0.1, 0.15) is 18.2 Å². The number of aryl methyl sites for hydroxylation is 3. The molecule has 0 aliphatic rings. The molecule has 0 aliphatic carbocycles. The molecule has 3 aromatic heterocycles. The van der Waals surface area contributed by atoms with Crippen LogP contribution in [0.25, 0.3) is 11.2 Å². The van der Waals surface area contributed by atoms with E-state index in [2.05, 4.69) is 9.97 Å². The Hall–Kier alpha value is -3.10. The number of furan rings is 1. The summed E-state index contributed by atoms with van der Waals surface area (Å²) in [6.07, 6.45) is 2.43. The first-order valence-corrected chi connectivity index (χ1v) is 9.42. The molecule has 0 saturated heterocycles. The van der Waals surface area contributed by atoms with E-state index in [0.717, 1.165) is 19.3 Å². The zero-order valence-corrected chi connectivity index (χ0v) is 16.3. The van der Waals surface area contributed by atoms with Gasteiger partial charge in [-0.1, -0.05) is 20.3 Å². The highest BCUT2D eigenvalue weighted by molar-refractivity contribution is 5.86. The van der Waals surface area contributed by atoms with Gasteiger partial charge in [0.2, 0.25) is 5.76 Å². The Labute approximate surface area is 161 Å². The largest absolute Gasteiger partial charge is 0.454 e. The molecule has 150 valence electrons. The summed E-state index contributed by atoms with van der Waals surface area (Å²) >= 11 is 0. The third kappa shape index (κ3) is 3.78. The van der Waals surface area contributed by atoms with Gasteiger partial charge < -0.3 is 13.7 Å². The summed E-state index contributed by atoms with van der Waals surface area (Å²) in [6.45, 7) is 6.56. The molecule has 0 amide bonds. The van der Waals surface area contributed by atoms with Crippen molar-refractivity contribution in [1.82, 2.24) is 19.1 Å². The number of imidazole rings is 1. The van der Waals surface area contributed by atoms with Crippen molar-refractivity contribution in [3.8, 4) is 0 Å². The molecule has 0 aliphatic heterocycles. The van der Waals surface area contributed by atoms with Crippen LogP contribution in [0.15, 0.2) is 26.1 Å². The van der Waals surface area contributed by atoms with E-state index in [-0.39, 0.29) is 12.4 Å². The van der Waals surface area contributed by atoms with Gasteiger partial charge in [0, 0.05) is 13.1 Å². The normalized spacial score (nSPS) is 11.2. The standard InChI is InChI=1S/C19H24N4O5/c1-4-6-10-23-16-15(17(24)21-19(23)26)22(9-5-2)14(20-16)11-27-18(25)13-8-7-12(3)28-13/h7-8H,4-6,9-11H2,1-3H3,(H,21,24,26). The number of carbonyl (C=O) groups excluding carboxylic acids is 1. The third-order valence-electron chi connectivity index (χ3n) is 4.42. The van der Waals surface area contributed by atoms with Crippen LogP contribution in [0.4, 0.5) is 0 Å². The van der Waals surface area contributed by atoms with E-state index in [1.165, 1.54) is 4.57 Å². The van der Waals surface area contributed by atoms with E-state index in [0.29, 0.717) is 35.8 Å². The van der Waals surface area contributed by atoms with Crippen LogP contribution in [0, 0.1) is 6.92 Å². The number of carbonyl (C=O) groups is 1. The number of unbranched alkanes of at least 4 members (excludes halogenated alkanes) is 1. The van der Waals surface area contributed by atoms with Crippen molar-refractivity contribution in [2.45, 2.75) is 59.7 Å². The second kappa shape index (κ2) is 8.28. The Morgan fingerprint density at radius 3 is 2.61 bits per heavy atom. The number of H-pyrrole nitrogens is 1. The van der Waals surface area contributed by atoms with E-state index in [1.54, 1.807) is 23.6 Å². The molecule has 0 saturated carbocycles. The number of fused-ring (bicyclic) bond motifs is 1. The monoisotopic (exact) mass is 388 g/mol. The Balaban J connectivity index is 2.00. The smallest absolute Gasteiger partial charge is 0.374 e. The van der Waals surface area contributed by atoms with Crippen molar-refractivity contribution in [3.05, 3.63) is 50.3 Å². The van der Waals surface area contributed by atoms with Crippen molar-refractivity contribution in [2.75, 3.05) is 0 Å². The number of hydrogen-bond acceptors (Lipinski definition) is 6. The molecule has 9 heteroatoms. The lowest BCUT2D eigenvalue weighted by atomic mass is 10.3. The summed E-state index contributed by atoms with van der Waals surface area (Å²) in [7, 11) is 0. The fourth-order valence-corrected chi connectivity index (χ4v) is 3.06. The first kappa shape index (κ1) is 19.7. The summed E-state index contributed by atoms with van der Waals surface area (Å²) in [4.78, 5) is 43.7. The number of nitrogens with one attached hydrogen (secondary N) is 1. The van der Waals surface area contributed by atoms with Gasteiger partial charge in [0.15, 0.2) is 11.2 Å². The minimum atomic E-state index is -0.611. The average molecular weight is 388 g/mol. The zero-order valence-electron chi connectivity index (χ0n) is 16.3. The predicted octanol–water partition coefficient (Wildman–Crippen LogP) is 2.35. The molecule has 0 fully saturated rings. The number of aromatic amines is 1. The van der Waals surface area contributed by atoms with Gasteiger partial charge in [-0.2, -0.15) is 0 Å². The van der Waals surface area contributed by atoms with Gasteiger partial charge in [0.05, 0.1) is 0 Å². The Morgan fingerprint density at radius 2 is 1.96 bits per heavy atom. The third-order valence-corrected chi connectivity index (χ3v) is 4.42. The molecule has 0 aromatic carbocycles. The number of hydrogen-bond donors (Lipinski definition) is 1. The van der Waals surface area contributed by atoms with Crippen LogP contribution in [0.2, 0.25) is 0 Å². The topological polar surface area (TPSA) is 112 Å². The highest BCUT2D eigenvalue weighted by Crippen LogP contribution is 2.15. The molecule has 28 heavy (non-hydrogen) atoms. The minimum absolute atomic E-state index is 0.105. The first-order valence-electron chi connectivity index (χ1n) is 9.42. The maximum absolute atomic E-state index is 12.4. The lowest BCUT2D eigenvalue weighted by molar-refractivity contribution is 0.0420. The van der Waals surface area contributed by atoms with Crippen LogP contribution < -0.4 is 11.2 Å². The van der Waals surface area contributed by atoms with E-state index in [1.807, 2.05) is 13.8 Å². The van der Waals surface area contributed by atoms with Crippen molar-refractivity contribution in [3.63, 3.8) is 0 Å². The number of ether oxygens (including phenoxy) is 1. The van der Waals surface area contributed by atoms with Crippen LogP contribution in [0.1, 0.15) is 55.2 Å². The van der Waals surface area contributed by atoms with E-state index in [9.17, 15) is 14.4 Å². The SMILES string of the molecule is CCCCn1c(=O)[nH]c(=O)c2c1nc(COC(=O)c1ccc(C)o1)n2CCC. The van der Waals surface area contributed by atoms with Gasteiger partial charge >= 0.3 is 11.7 Å². The Bertz CT molecular complexity index is 1100. The van der Waals surface area contributed by atoms with Gasteiger partial charge in [-0.15, -0.1) is 0 Å². The maximum Gasteiger partial charge on any atom is 0.374 e. The van der Waals surface area contributed by atoms with Gasteiger partial charge in [-0.25, -0.2) is 14.6 Å². The molecule has 0 atom stereocenters. The molecule has 0 spiro atoms. The Kier molecular flexibility index (Phi) is 5.81. The van der Waals surface area contributed by atoms with E-state index < -0.39 is 17.2 Å². The average Bonchev–Trinajstić information content (AvgIpc) is 3.24. The molecule has 9 nitrogen and oxygen atoms in total. The quantitative estimate of drug-likeness (QED) is 0.593. The van der Waals surface area contributed by atoms with Gasteiger partial charge in [0.25, 0.3) is 5.56 Å². The summed E-state index contributed by atoms with van der Waals surface area (Å²) in [5.74, 6) is 0.514. The molecule has 3 rings (SSSR count). The number of nitrogens with zero attached hydrogens (tertiary/aromatic N) is 3. The highest BCUT2D eigenvalue weighted by Gasteiger charge is 2.20. The van der Waals surface area contributed by atoms with Gasteiger partial charge in [-0.3, -0.25) is 14.3 Å². The molecule has 3 aromatic rings. The van der Waals surface area contributed by atoms with Crippen molar-refractivity contribution in [1.29, 1.82) is 0 Å². The summed E-state index contributed by atoms with van der Waals surface area (Å²) in [5.41, 5.74) is -0.345. The van der Waals surface area contributed by atoms with Crippen LogP contribution in [0.3, 0.4) is 0 Å². The fourth-order valence-electron chi connectivity index (χ4n) is 3.06. The van der Waals surface area contributed by atoms with E-state index in [4.69, 9.17) is 9.15 Å². The molecule has 0 unspecified atom stereocenters. The van der Waals surface area contributed by atoms with Crippen molar-refractivity contribution >= 4 is 17.1 Å². The zero-order chi connectivity index (χ0) is 20.3. The molecule has 0 bridgehead atoms. The maximum atomic E-state index is 12.4. The summed E-state index contributed by atoms with van der Waals surface area (Å²) in [6, 6.07) is 3.22. The molecule has 3 heterocycles. The second-order valence-corrected chi connectivity index (χ2v) is 6.60. The second-order valence-electron chi connectivity index (χ2n) is 6.60. The number of rotatable bonds is 8. The lowest BCUT2D eigenvalue weighted by Gasteiger charge is -2.08. The number of aromatic nitrogens is 4. The lowest BCUT2D eigenvalue weighted by Crippen LogP contribution is -2.31. The van der Waals surface area contributed by atoms with Gasteiger partial charge in [-0.05, 0) is 31.9 Å². The van der Waals surface area contributed by atoms with Crippen LogP contribution in [-0.4, -0.2) is 25.1 Å². The molecule has 1 N–H and O–H groups in total. The van der Waals surface area contributed by atoms with Crippen LogP contribution >= 0.6 is 0 Å². The minimum Gasteiger partial charge on any atom is -0.454 e. The van der Waals surface area contributed by atoms with Crippen molar-refractivity contribution < 1.29 is 13.9 Å². The van der Waals surface area contributed by atoms with Crippen LogP contribution in [-0.2, 0) is 24.4 Å². The highest BCUT2D eigenvalue weighted by atomic mass is 16.5. The molecular weight excluding hydrogens is 364 g/mol. The summed E-state index contributed by atoms with van der Waals surface area (Å²) in [5, 5.41) is 0. The Morgan fingerprint density at radius 1 is 1.18 bits per heavy atom. The predicted molar refractivity (Wildman–Crippen MR) is 102 cm³/mol. The molecular formula is C19H24N4O5. The van der Waals surface area contributed by atoms with E-state index >= 15 is 0 Å². The first-order chi connectivity index (χ1) is 13.5. The molecule has 0 radical (unpaired) electrons. The fraction of sp³-hybridized carbons (Fsp3) is 0.474.